The molecule has 0 bridgehead atoms. The summed E-state index contributed by atoms with van der Waals surface area (Å²) in [7, 11) is 0. The van der Waals surface area contributed by atoms with Crippen LogP contribution < -0.4 is 5.73 Å². The van der Waals surface area contributed by atoms with Gasteiger partial charge in [0.15, 0.2) is 11.5 Å². The summed E-state index contributed by atoms with van der Waals surface area (Å²) in [6.45, 7) is 4.36. The second-order valence-corrected chi connectivity index (χ2v) is 4.57. The van der Waals surface area contributed by atoms with Crippen molar-refractivity contribution in [2.24, 2.45) is 11.1 Å². The molecule has 4 heteroatoms. The second-order valence-electron chi connectivity index (χ2n) is 4.57. The highest BCUT2D eigenvalue weighted by molar-refractivity contribution is 5.99. The van der Waals surface area contributed by atoms with E-state index in [1.54, 1.807) is 0 Å². The summed E-state index contributed by atoms with van der Waals surface area (Å²) in [5.41, 5.74) is 6.86. The van der Waals surface area contributed by atoms with Gasteiger partial charge in [-0.2, -0.15) is 0 Å². The third-order valence-electron chi connectivity index (χ3n) is 2.58. The van der Waals surface area contributed by atoms with Crippen molar-refractivity contribution < 1.29 is 9.32 Å². The Morgan fingerprint density at radius 3 is 2.86 bits per heavy atom. The highest BCUT2D eigenvalue weighted by Crippen LogP contribution is 2.35. The van der Waals surface area contributed by atoms with E-state index < -0.39 is 0 Å². The zero-order chi connectivity index (χ0) is 10.3. The first kappa shape index (κ1) is 9.40. The minimum absolute atomic E-state index is 0.00712. The van der Waals surface area contributed by atoms with Gasteiger partial charge in [0.2, 0.25) is 0 Å². The number of carbonyl (C=O) groups is 1. The van der Waals surface area contributed by atoms with Crippen molar-refractivity contribution >= 4 is 5.78 Å². The lowest BCUT2D eigenvalue weighted by atomic mass is 9.76. The topological polar surface area (TPSA) is 69.1 Å². The van der Waals surface area contributed by atoms with Crippen LogP contribution in [0.2, 0.25) is 0 Å². The number of ketones is 1. The molecular weight excluding hydrogens is 180 g/mol. The number of hydrogen-bond donors (Lipinski definition) is 1. The lowest BCUT2D eigenvalue weighted by Crippen LogP contribution is -2.27. The third-order valence-corrected chi connectivity index (χ3v) is 2.58. The molecule has 1 aromatic heterocycles. The summed E-state index contributed by atoms with van der Waals surface area (Å²) >= 11 is 0. The van der Waals surface area contributed by atoms with Gasteiger partial charge in [-0.15, -0.1) is 0 Å². The summed E-state index contributed by atoms with van der Waals surface area (Å²) in [5, 5.41) is 3.90. The summed E-state index contributed by atoms with van der Waals surface area (Å²) in [4.78, 5) is 11.8. The van der Waals surface area contributed by atoms with E-state index in [0.717, 1.165) is 12.1 Å². The van der Waals surface area contributed by atoms with Crippen LogP contribution in [0.4, 0.5) is 0 Å². The second kappa shape index (κ2) is 2.92. The predicted octanol–water partition coefficient (Wildman–Crippen LogP) is 1.29. The molecule has 0 saturated heterocycles. The van der Waals surface area contributed by atoms with Gasteiger partial charge in [-0.3, -0.25) is 4.79 Å². The van der Waals surface area contributed by atoms with Gasteiger partial charge in [-0.25, -0.2) is 0 Å². The van der Waals surface area contributed by atoms with Crippen LogP contribution in [0.15, 0.2) is 4.52 Å². The molecule has 0 amide bonds. The summed E-state index contributed by atoms with van der Waals surface area (Å²) in [5.74, 6) is 0.637. The lowest BCUT2D eigenvalue weighted by Gasteiger charge is -2.26. The van der Waals surface area contributed by atoms with Crippen molar-refractivity contribution in [3.8, 4) is 0 Å². The maximum Gasteiger partial charge on any atom is 0.168 e. The zero-order valence-corrected chi connectivity index (χ0v) is 8.46. The van der Waals surface area contributed by atoms with Crippen molar-refractivity contribution in [3.05, 3.63) is 17.0 Å². The first-order valence-electron chi connectivity index (χ1n) is 4.74. The van der Waals surface area contributed by atoms with Crippen LogP contribution in [0.1, 0.15) is 42.1 Å². The number of rotatable bonds is 1. The first-order chi connectivity index (χ1) is 6.53. The fourth-order valence-electron chi connectivity index (χ4n) is 1.98. The van der Waals surface area contributed by atoms with Gasteiger partial charge in [-0.1, -0.05) is 19.0 Å². The van der Waals surface area contributed by atoms with Gasteiger partial charge in [0, 0.05) is 6.42 Å². The van der Waals surface area contributed by atoms with Gasteiger partial charge >= 0.3 is 0 Å². The zero-order valence-electron chi connectivity index (χ0n) is 8.46. The molecule has 0 spiro atoms. The predicted molar refractivity (Wildman–Crippen MR) is 50.8 cm³/mol. The Hall–Kier alpha value is -1.16. The number of nitrogens with zero attached hydrogens (tertiary/aromatic N) is 1. The number of fused-ring (bicyclic) bond motifs is 1. The van der Waals surface area contributed by atoms with Crippen molar-refractivity contribution in [3.63, 3.8) is 0 Å². The molecular formula is C10H14N2O2. The van der Waals surface area contributed by atoms with E-state index in [-0.39, 0.29) is 17.7 Å². The van der Waals surface area contributed by atoms with E-state index in [4.69, 9.17) is 10.3 Å². The highest BCUT2D eigenvalue weighted by Gasteiger charge is 2.35. The lowest BCUT2D eigenvalue weighted by molar-refractivity contribution is 0.0910. The van der Waals surface area contributed by atoms with Gasteiger partial charge in [0.25, 0.3) is 0 Å². The quantitative estimate of drug-likeness (QED) is 0.731. The molecule has 0 aromatic carbocycles. The van der Waals surface area contributed by atoms with E-state index in [2.05, 4.69) is 19.0 Å². The molecule has 1 aliphatic rings. The monoisotopic (exact) mass is 194 g/mol. The first-order valence-corrected chi connectivity index (χ1v) is 4.74. The molecule has 4 nitrogen and oxygen atoms in total. The Kier molecular flexibility index (Phi) is 1.96. The summed E-state index contributed by atoms with van der Waals surface area (Å²) < 4.78 is 5.03. The molecule has 1 aliphatic carbocycles. The van der Waals surface area contributed by atoms with Gasteiger partial charge in [-0.05, 0) is 11.8 Å². The number of aromatic nitrogens is 1. The maximum absolute atomic E-state index is 11.8. The number of nitrogens with two attached hydrogens (primary N) is 1. The third kappa shape index (κ3) is 1.35. The van der Waals surface area contributed by atoms with Crippen molar-refractivity contribution in [1.29, 1.82) is 0 Å². The summed E-state index contributed by atoms with van der Waals surface area (Å²) in [6.07, 6.45) is 1.34. The van der Waals surface area contributed by atoms with Gasteiger partial charge in [0.1, 0.15) is 0 Å². The largest absolute Gasteiger partial charge is 0.359 e. The molecule has 0 saturated carbocycles. The highest BCUT2D eigenvalue weighted by atomic mass is 16.5. The maximum atomic E-state index is 11.8. The molecule has 2 rings (SSSR count). The van der Waals surface area contributed by atoms with Crippen LogP contribution in [0.5, 0.6) is 0 Å². The molecule has 1 heterocycles. The fourth-order valence-corrected chi connectivity index (χ4v) is 1.98. The summed E-state index contributed by atoms with van der Waals surface area (Å²) in [6, 6.07) is 0. The van der Waals surface area contributed by atoms with E-state index in [0.29, 0.717) is 17.7 Å². The van der Waals surface area contributed by atoms with Crippen molar-refractivity contribution in [2.75, 3.05) is 0 Å². The van der Waals surface area contributed by atoms with Crippen LogP contribution in [-0.2, 0) is 13.0 Å². The molecule has 14 heavy (non-hydrogen) atoms. The Balaban J connectivity index is 2.47. The minimum Gasteiger partial charge on any atom is -0.359 e. The Morgan fingerprint density at radius 1 is 1.50 bits per heavy atom. The van der Waals surface area contributed by atoms with Crippen LogP contribution in [-0.4, -0.2) is 10.9 Å². The van der Waals surface area contributed by atoms with Crippen LogP contribution in [0.3, 0.4) is 0 Å². The molecule has 0 radical (unpaired) electrons. The Morgan fingerprint density at radius 2 is 2.21 bits per heavy atom. The molecule has 0 fully saturated rings. The van der Waals surface area contributed by atoms with Crippen LogP contribution >= 0.6 is 0 Å². The van der Waals surface area contributed by atoms with Crippen LogP contribution in [0.25, 0.3) is 0 Å². The average Bonchev–Trinajstić information content (AvgIpc) is 2.44. The molecule has 0 unspecified atom stereocenters. The normalized spacial score (nSPS) is 19.5. The minimum atomic E-state index is -0.00712. The standard InChI is InChI=1S/C10H14N2O2/c1-10(2)3-6-9(7(13)4-10)8(5-11)14-12-6/h3-5,11H2,1-2H3. The molecule has 1 aromatic rings. The Bertz CT molecular complexity index is 379. The molecule has 0 atom stereocenters. The molecule has 2 N–H and O–H groups in total. The van der Waals surface area contributed by atoms with Crippen molar-refractivity contribution in [1.82, 2.24) is 5.16 Å². The average molecular weight is 194 g/mol. The number of hydrogen-bond acceptors (Lipinski definition) is 4. The number of Topliss-reactive ketones (excluding diaryl/α,β-unsaturated/α-hetero) is 1. The smallest absolute Gasteiger partial charge is 0.168 e. The van der Waals surface area contributed by atoms with Crippen LogP contribution in [0, 0.1) is 5.41 Å². The van der Waals surface area contributed by atoms with E-state index in [1.165, 1.54) is 0 Å². The van der Waals surface area contributed by atoms with E-state index in [9.17, 15) is 4.79 Å². The fraction of sp³-hybridized carbons (Fsp3) is 0.600. The van der Waals surface area contributed by atoms with Crippen molar-refractivity contribution in [2.45, 2.75) is 33.2 Å². The Labute approximate surface area is 82.4 Å². The molecule has 76 valence electrons. The van der Waals surface area contributed by atoms with Gasteiger partial charge in [0.05, 0.1) is 17.8 Å². The molecule has 0 aliphatic heterocycles. The van der Waals surface area contributed by atoms with E-state index >= 15 is 0 Å². The SMILES string of the molecule is CC1(C)CC(=O)c2c(noc2CN)C1. The van der Waals surface area contributed by atoms with Gasteiger partial charge < -0.3 is 10.3 Å². The van der Waals surface area contributed by atoms with E-state index in [1.807, 2.05) is 0 Å². The number of carbonyl (C=O) groups excluding carboxylic acids is 1.